The molecule has 0 radical (unpaired) electrons. The third kappa shape index (κ3) is 2.33. The second-order valence-electron chi connectivity index (χ2n) is 9.95. The Hall–Kier alpha value is -0.920. The van der Waals surface area contributed by atoms with E-state index in [2.05, 4.69) is 6.92 Å². The number of aliphatic hydroxyl groups is 1. The van der Waals surface area contributed by atoms with Gasteiger partial charge in [-0.2, -0.15) is 22.0 Å². The average molecular weight is 410 g/mol. The summed E-state index contributed by atoms with van der Waals surface area (Å²) in [5, 5.41) is 10.8. The molecule has 1 saturated heterocycles. The van der Waals surface area contributed by atoms with Crippen LogP contribution in [0.25, 0.3) is 0 Å². The van der Waals surface area contributed by atoms with Gasteiger partial charge in [-0.05, 0) is 62.2 Å². The third-order valence-corrected chi connectivity index (χ3v) is 9.05. The molecule has 0 aromatic rings. The van der Waals surface area contributed by atoms with Crippen LogP contribution in [0, 0.1) is 34.5 Å². The van der Waals surface area contributed by atoms with Crippen molar-refractivity contribution in [2.75, 3.05) is 6.61 Å². The van der Waals surface area contributed by atoms with Crippen LogP contribution >= 0.6 is 0 Å². The summed E-state index contributed by atoms with van der Waals surface area (Å²) in [6.45, 7) is 3.77. The lowest BCUT2D eigenvalue weighted by Gasteiger charge is -2.60. The van der Waals surface area contributed by atoms with Gasteiger partial charge in [0.25, 0.3) is 0 Å². The quantitative estimate of drug-likeness (QED) is 0.503. The van der Waals surface area contributed by atoms with Crippen molar-refractivity contribution >= 4 is 5.97 Å². The van der Waals surface area contributed by atoms with Crippen LogP contribution in [-0.4, -0.2) is 35.4 Å². The first-order chi connectivity index (χ1) is 12.8. The van der Waals surface area contributed by atoms with E-state index in [-0.39, 0.29) is 54.5 Å². The van der Waals surface area contributed by atoms with Crippen LogP contribution in [0.3, 0.4) is 0 Å². The number of ether oxygens (including phenoxy) is 1. The predicted molar refractivity (Wildman–Crippen MR) is 89.4 cm³/mol. The molecule has 1 heterocycles. The van der Waals surface area contributed by atoms with Crippen molar-refractivity contribution < 1.29 is 36.6 Å². The summed E-state index contributed by atoms with van der Waals surface area (Å²) in [6, 6.07) is 0. The van der Waals surface area contributed by atoms with Gasteiger partial charge in [0.1, 0.15) is 5.60 Å². The van der Waals surface area contributed by atoms with Crippen LogP contribution in [0.2, 0.25) is 0 Å². The van der Waals surface area contributed by atoms with Crippen molar-refractivity contribution in [3.05, 3.63) is 0 Å². The highest BCUT2D eigenvalue weighted by Gasteiger charge is 2.79. The highest BCUT2D eigenvalue weighted by molar-refractivity contribution is 5.70. The summed E-state index contributed by atoms with van der Waals surface area (Å²) in [7, 11) is 0. The molecule has 4 aliphatic rings. The lowest BCUT2D eigenvalue weighted by Crippen LogP contribution is -2.66. The minimum Gasteiger partial charge on any atom is -0.465 e. The van der Waals surface area contributed by atoms with E-state index in [1.54, 1.807) is 0 Å². The zero-order valence-corrected chi connectivity index (χ0v) is 16.1. The molecule has 8 heteroatoms. The van der Waals surface area contributed by atoms with E-state index in [4.69, 9.17) is 4.74 Å². The zero-order valence-electron chi connectivity index (χ0n) is 16.1. The molecule has 3 aliphatic carbocycles. The summed E-state index contributed by atoms with van der Waals surface area (Å²) >= 11 is 0. The van der Waals surface area contributed by atoms with E-state index in [0.29, 0.717) is 19.3 Å². The molecule has 160 valence electrons. The number of fused-ring (bicyclic) bond motifs is 5. The smallest absolute Gasteiger partial charge is 0.456 e. The van der Waals surface area contributed by atoms with Gasteiger partial charge in [-0.25, -0.2) is 0 Å². The standard InChI is InChI=1S/C20H27F5O3/c1-16-10-28-15(26)9-11(16)3-4-12-13(16)5-7-17(2)14(12)6-8-18(17,27)19(21,22)20(23,24)25/h11-14,27H,3-10H2,1-2H3/t11?,12-,13-,14+,16+,17+,18?/m1/s1. The van der Waals surface area contributed by atoms with E-state index in [0.717, 1.165) is 6.42 Å². The lowest BCUT2D eigenvalue weighted by atomic mass is 9.46. The van der Waals surface area contributed by atoms with Crippen molar-refractivity contribution in [2.24, 2.45) is 34.5 Å². The second-order valence-corrected chi connectivity index (χ2v) is 9.95. The fourth-order valence-corrected chi connectivity index (χ4v) is 7.36. The van der Waals surface area contributed by atoms with Crippen LogP contribution in [0.1, 0.15) is 58.8 Å². The summed E-state index contributed by atoms with van der Waals surface area (Å²) in [4.78, 5) is 11.7. The van der Waals surface area contributed by atoms with Crippen molar-refractivity contribution in [3.63, 3.8) is 0 Å². The molecule has 7 atom stereocenters. The topological polar surface area (TPSA) is 46.5 Å². The Labute approximate surface area is 161 Å². The molecule has 0 bridgehead atoms. The maximum absolute atomic E-state index is 14.4. The molecule has 0 amide bonds. The molecule has 4 fully saturated rings. The number of hydrogen-bond acceptors (Lipinski definition) is 3. The zero-order chi connectivity index (χ0) is 20.8. The molecule has 4 rings (SSSR count). The number of halogens is 5. The highest BCUT2D eigenvalue weighted by Crippen LogP contribution is 2.70. The van der Waals surface area contributed by atoms with Crippen molar-refractivity contribution in [2.45, 2.75) is 76.5 Å². The largest absolute Gasteiger partial charge is 0.465 e. The van der Waals surface area contributed by atoms with Gasteiger partial charge in [0.2, 0.25) is 0 Å². The monoisotopic (exact) mass is 410 g/mol. The maximum atomic E-state index is 14.4. The van der Waals surface area contributed by atoms with Gasteiger partial charge in [-0.15, -0.1) is 0 Å². The number of esters is 1. The second kappa shape index (κ2) is 5.82. The third-order valence-electron chi connectivity index (χ3n) is 9.05. The lowest BCUT2D eigenvalue weighted by molar-refractivity contribution is -0.364. The van der Waals surface area contributed by atoms with Gasteiger partial charge in [0, 0.05) is 17.3 Å². The molecular weight excluding hydrogens is 383 g/mol. The average Bonchev–Trinajstić information content (AvgIpc) is 2.87. The van der Waals surface area contributed by atoms with Gasteiger partial charge in [0.05, 0.1) is 6.61 Å². The van der Waals surface area contributed by atoms with Crippen LogP contribution < -0.4 is 0 Å². The molecule has 0 spiro atoms. The Morgan fingerprint density at radius 1 is 1.00 bits per heavy atom. The predicted octanol–water partition coefficient (Wildman–Crippen LogP) is 4.72. The van der Waals surface area contributed by atoms with E-state index in [9.17, 15) is 31.9 Å². The van der Waals surface area contributed by atoms with E-state index in [1.807, 2.05) is 0 Å². The van der Waals surface area contributed by atoms with Crippen molar-refractivity contribution in [1.29, 1.82) is 0 Å². The van der Waals surface area contributed by atoms with E-state index < -0.39 is 29.5 Å². The maximum Gasteiger partial charge on any atom is 0.456 e. The number of cyclic esters (lactones) is 1. The summed E-state index contributed by atoms with van der Waals surface area (Å²) in [6.07, 6.45) is -3.77. The molecule has 1 aliphatic heterocycles. The molecule has 3 saturated carbocycles. The van der Waals surface area contributed by atoms with Gasteiger partial charge in [-0.1, -0.05) is 13.8 Å². The van der Waals surface area contributed by atoms with Gasteiger partial charge in [-0.3, -0.25) is 4.79 Å². The minimum absolute atomic E-state index is 0.0325. The first-order valence-corrected chi connectivity index (χ1v) is 10.1. The fourth-order valence-electron chi connectivity index (χ4n) is 7.36. The van der Waals surface area contributed by atoms with E-state index in [1.165, 1.54) is 6.92 Å². The van der Waals surface area contributed by atoms with Gasteiger partial charge >= 0.3 is 18.1 Å². The first kappa shape index (κ1) is 20.4. The van der Waals surface area contributed by atoms with E-state index >= 15 is 0 Å². The Balaban J connectivity index is 1.67. The van der Waals surface area contributed by atoms with Gasteiger partial charge < -0.3 is 9.84 Å². The van der Waals surface area contributed by atoms with Crippen molar-refractivity contribution in [3.8, 4) is 0 Å². The fraction of sp³-hybridized carbons (Fsp3) is 0.950. The molecular formula is C20H27F5O3. The first-order valence-electron chi connectivity index (χ1n) is 10.1. The summed E-state index contributed by atoms with van der Waals surface area (Å²) < 4.78 is 73.6. The Morgan fingerprint density at radius 3 is 2.29 bits per heavy atom. The van der Waals surface area contributed by atoms with Gasteiger partial charge in [0.15, 0.2) is 0 Å². The van der Waals surface area contributed by atoms with Crippen LogP contribution in [0.5, 0.6) is 0 Å². The summed E-state index contributed by atoms with van der Waals surface area (Å²) in [5.74, 6) is -5.51. The molecule has 1 N–H and O–H groups in total. The number of alkyl halides is 5. The summed E-state index contributed by atoms with van der Waals surface area (Å²) in [5.41, 5.74) is -4.84. The Morgan fingerprint density at radius 2 is 1.64 bits per heavy atom. The Bertz CT molecular complexity index is 679. The minimum atomic E-state index is -5.78. The molecule has 2 unspecified atom stereocenters. The van der Waals surface area contributed by atoms with Crippen LogP contribution in [0.15, 0.2) is 0 Å². The SMILES string of the molecule is C[C@]12COC(=O)CC1CC[C@@H]1[C@H]2CC[C@@]2(C)[C@H]1CCC2(O)C(F)(F)C(F)(F)F. The number of hydrogen-bond donors (Lipinski definition) is 1. The number of rotatable bonds is 1. The molecule has 0 aromatic heterocycles. The van der Waals surface area contributed by atoms with Crippen LogP contribution in [-0.2, 0) is 9.53 Å². The number of carbonyl (C=O) groups is 1. The Kier molecular flexibility index (Phi) is 4.23. The number of carbonyl (C=O) groups excluding carboxylic acids is 1. The highest BCUT2D eigenvalue weighted by atomic mass is 19.4. The molecule has 3 nitrogen and oxygen atoms in total. The van der Waals surface area contributed by atoms with Crippen molar-refractivity contribution in [1.82, 2.24) is 0 Å². The van der Waals surface area contributed by atoms with Crippen LogP contribution in [0.4, 0.5) is 22.0 Å². The normalized spacial score (nSPS) is 49.1. The molecule has 28 heavy (non-hydrogen) atoms. The molecule has 0 aromatic carbocycles.